The summed E-state index contributed by atoms with van der Waals surface area (Å²) in [6, 6.07) is 6.77. The molecule has 1 aromatic carbocycles. The zero-order chi connectivity index (χ0) is 12.0. The molecule has 2 nitrogen and oxygen atoms in total. The molecule has 0 bridgehead atoms. The monoisotopic (exact) mass is 228 g/mol. The van der Waals surface area contributed by atoms with Crippen LogP contribution in [-0.2, 0) is 19.5 Å². The van der Waals surface area contributed by atoms with Gasteiger partial charge in [0.2, 0.25) is 0 Å². The van der Waals surface area contributed by atoms with E-state index >= 15 is 0 Å². The van der Waals surface area contributed by atoms with Crippen molar-refractivity contribution in [1.29, 1.82) is 0 Å². The molecule has 1 aliphatic heterocycles. The minimum atomic E-state index is 0.593. The van der Waals surface area contributed by atoms with Gasteiger partial charge in [-0.1, -0.05) is 32.0 Å². The number of benzene rings is 1. The Bertz CT molecular complexity index is 564. The third-order valence-electron chi connectivity index (χ3n) is 3.84. The van der Waals surface area contributed by atoms with E-state index in [1.165, 1.54) is 34.1 Å². The van der Waals surface area contributed by atoms with Gasteiger partial charge in [-0.2, -0.15) is 0 Å². The second-order valence-corrected chi connectivity index (χ2v) is 5.26. The Balaban J connectivity index is 2.36. The fraction of sp³-hybridized carbons (Fsp3) is 0.467. The third kappa shape index (κ3) is 1.44. The van der Waals surface area contributed by atoms with Gasteiger partial charge in [-0.05, 0) is 30.5 Å². The molecule has 90 valence electrons. The van der Waals surface area contributed by atoms with E-state index in [2.05, 4.69) is 41.9 Å². The summed E-state index contributed by atoms with van der Waals surface area (Å²) in [7, 11) is 2.03. The third-order valence-corrected chi connectivity index (χ3v) is 3.84. The van der Waals surface area contributed by atoms with Crippen LogP contribution in [0.25, 0.3) is 10.9 Å². The van der Waals surface area contributed by atoms with E-state index in [-0.39, 0.29) is 0 Å². The molecule has 0 aliphatic carbocycles. The number of nitrogens with one attached hydrogen (secondary N) is 1. The summed E-state index contributed by atoms with van der Waals surface area (Å²) < 4.78 is 2.52. The van der Waals surface area contributed by atoms with Crippen LogP contribution in [0.2, 0.25) is 0 Å². The Kier molecular flexibility index (Phi) is 2.48. The molecule has 2 heterocycles. The van der Waals surface area contributed by atoms with Crippen molar-refractivity contribution in [2.75, 3.05) is 7.05 Å². The Morgan fingerprint density at radius 2 is 2.18 bits per heavy atom. The minimum absolute atomic E-state index is 0.593. The van der Waals surface area contributed by atoms with Crippen LogP contribution >= 0.6 is 0 Å². The van der Waals surface area contributed by atoms with E-state index in [4.69, 9.17) is 0 Å². The highest BCUT2D eigenvalue weighted by atomic mass is 15.0. The lowest BCUT2D eigenvalue weighted by Crippen LogP contribution is -2.12. The number of hydrogen-bond acceptors (Lipinski definition) is 1. The summed E-state index contributed by atoms with van der Waals surface area (Å²) in [6.45, 7) is 6.72. The van der Waals surface area contributed by atoms with E-state index in [0.29, 0.717) is 5.92 Å². The van der Waals surface area contributed by atoms with Gasteiger partial charge in [-0.25, -0.2) is 0 Å². The summed E-state index contributed by atoms with van der Waals surface area (Å²) >= 11 is 0. The standard InChI is InChI=1S/C15H20N2/c1-10(2)14-12-6-4-5-11-7-8-17(15(11)12)13(14)9-16-3/h4-6,10,16H,7-9H2,1-3H3. The van der Waals surface area contributed by atoms with Crippen LogP contribution in [0.1, 0.15) is 36.6 Å². The Morgan fingerprint density at radius 3 is 2.88 bits per heavy atom. The lowest BCUT2D eigenvalue weighted by molar-refractivity contribution is 0.666. The minimum Gasteiger partial charge on any atom is -0.342 e. The highest BCUT2D eigenvalue weighted by Gasteiger charge is 2.23. The van der Waals surface area contributed by atoms with Crippen LogP contribution in [0.3, 0.4) is 0 Å². The normalized spacial score (nSPS) is 14.1. The fourth-order valence-corrected chi connectivity index (χ4v) is 3.25. The molecule has 17 heavy (non-hydrogen) atoms. The maximum absolute atomic E-state index is 3.32. The number of aryl methyl sites for hydroxylation is 2. The molecule has 1 aliphatic rings. The van der Waals surface area contributed by atoms with Crippen molar-refractivity contribution in [3.8, 4) is 0 Å². The predicted octanol–water partition coefficient (Wildman–Crippen LogP) is 3.04. The Morgan fingerprint density at radius 1 is 1.35 bits per heavy atom. The fourth-order valence-electron chi connectivity index (χ4n) is 3.25. The van der Waals surface area contributed by atoms with Crippen molar-refractivity contribution < 1.29 is 0 Å². The van der Waals surface area contributed by atoms with Crippen LogP contribution in [-0.4, -0.2) is 11.6 Å². The molecule has 3 rings (SSSR count). The van der Waals surface area contributed by atoms with Crippen LogP contribution in [0.4, 0.5) is 0 Å². The molecule has 0 fully saturated rings. The highest BCUT2D eigenvalue weighted by Crippen LogP contribution is 2.37. The van der Waals surface area contributed by atoms with Crippen molar-refractivity contribution in [3.63, 3.8) is 0 Å². The highest BCUT2D eigenvalue weighted by molar-refractivity contribution is 5.89. The second kappa shape index (κ2) is 3.88. The maximum atomic E-state index is 3.32. The molecule has 1 N–H and O–H groups in total. The van der Waals surface area contributed by atoms with Crippen molar-refractivity contribution in [1.82, 2.24) is 9.88 Å². The lowest BCUT2D eigenvalue weighted by atomic mass is 9.97. The molecule has 0 saturated heterocycles. The largest absolute Gasteiger partial charge is 0.342 e. The molecule has 1 aromatic heterocycles. The number of hydrogen-bond donors (Lipinski definition) is 1. The molecule has 0 radical (unpaired) electrons. The van der Waals surface area contributed by atoms with Crippen molar-refractivity contribution in [2.24, 2.45) is 0 Å². The van der Waals surface area contributed by atoms with Gasteiger partial charge in [0, 0.05) is 24.2 Å². The first-order valence-electron chi connectivity index (χ1n) is 6.51. The summed E-state index contributed by atoms with van der Waals surface area (Å²) in [6.07, 6.45) is 1.20. The lowest BCUT2D eigenvalue weighted by Gasteiger charge is -2.11. The maximum Gasteiger partial charge on any atom is 0.0519 e. The van der Waals surface area contributed by atoms with Crippen molar-refractivity contribution >= 4 is 10.9 Å². The first-order valence-corrected chi connectivity index (χ1v) is 6.51. The zero-order valence-corrected chi connectivity index (χ0v) is 10.9. The van der Waals surface area contributed by atoms with Crippen LogP contribution in [0.15, 0.2) is 18.2 Å². The summed E-state index contributed by atoms with van der Waals surface area (Å²) in [5, 5.41) is 4.79. The Labute approximate surface area is 103 Å². The molecule has 2 heteroatoms. The first kappa shape index (κ1) is 10.8. The SMILES string of the molecule is CNCc1c(C(C)C)c2cccc3c2n1CC3. The smallest absolute Gasteiger partial charge is 0.0519 e. The van der Waals surface area contributed by atoms with E-state index < -0.39 is 0 Å². The van der Waals surface area contributed by atoms with Gasteiger partial charge in [0.05, 0.1) is 5.52 Å². The first-order chi connectivity index (χ1) is 8.24. The van der Waals surface area contributed by atoms with E-state index in [9.17, 15) is 0 Å². The number of para-hydroxylation sites is 1. The van der Waals surface area contributed by atoms with Gasteiger partial charge in [-0.15, -0.1) is 0 Å². The van der Waals surface area contributed by atoms with Crippen molar-refractivity contribution in [2.45, 2.75) is 39.3 Å². The number of aromatic nitrogens is 1. The molecular weight excluding hydrogens is 208 g/mol. The average Bonchev–Trinajstić information content (AvgIpc) is 2.84. The van der Waals surface area contributed by atoms with Gasteiger partial charge < -0.3 is 9.88 Å². The van der Waals surface area contributed by atoms with E-state index in [1.54, 1.807) is 0 Å². The van der Waals surface area contributed by atoms with Crippen LogP contribution < -0.4 is 5.32 Å². The van der Waals surface area contributed by atoms with Gasteiger partial charge in [-0.3, -0.25) is 0 Å². The molecule has 0 spiro atoms. The topological polar surface area (TPSA) is 17.0 Å². The molecule has 0 unspecified atom stereocenters. The average molecular weight is 228 g/mol. The van der Waals surface area contributed by atoms with Crippen molar-refractivity contribution in [3.05, 3.63) is 35.0 Å². The molecule has 2 aromatic rings. The van der Waals surface area contributed by atoms with Crippen LogP contribution in [0, 0.1) is 0 Å². The quantitative estimate of drug-likeness (QED) is 0.854. The summed E-state index contributed by atoms with van der Waals surface area (Å²) in [5.74, 6) is 0.593. The number of rotatable bonds is 3. The second-order valence-electron chi connectivity index (χ2n) is 5.26. The molecular formula is C15H20N2. The summed E-state index contributed by atoms with van der Waals surface area (Å²) in [5.41, 5.74) is 6.03. The Hall–Kier alpha value is -1.28. The molecule has 0 atom stereocenters. The predicted molar refractivity (Wildman–Crippen MR) is 72.5 cm³/mol. The molecule has 0 amide bonds. The molecule has 0 saturated carbocycles. The van der Waals surface area contributed by atoms with Crippen LogP contribution in [0.5, 0.6) is 0 Å². The zero-order valence-electron chi connectivity index (χ0n) is 10.9. The van der Waals surface area contributed by atoms with Gasteiger partial charge in [0.15, 0.2) is 0 Å². The van der Waals surface area contributed by atoms with Gasteiger partial charge in [0.1, 0.15) is 0 Å². The number of nitrogens with zero attached hydrogens (tertiary/aromatic N) is 1. The van der Waals surface area contributed by atoms with E-state index in [0.717, 1.165) is 13.1 Å². The van der Waals surface area contributed by atoms with Gasteiger partial charge >= 0.3 is 0 Å². The summed E-state index contributed by atoms with van der Waals surface area (Å²) in [4.78, 5) is 0. The van der Waals surface area contributed by atoms with Gasteiger partial charge in [0.25, 0.3) is 0 Å². The van der Waals surface area contributed by atoms with E-state index in [1.807, 2.05) is 7.05 Å².